The Hall–Kier alpha value is -1.45. The molecule has 6 atom stereocenters. The lowest BCUT2D eigenvalue weighted by atomic mass is 9.47. The molecule has 4 aliphatic rings. The lowest BCUT2D eigenvalue weighted by Crippen LogP contribution is -2.54. The molecule has 0 spiro atoms. The number of carbonyl (C=O) groups is 3. The molecular weight excluding hydrogens is 316 g/mol. The number of hydrogen-bond donors (Lipinski definition) is 0. The minimum absolute atomic E-state index is 0.0795. The van der Waals surface area contributed by atoms with Gasteiger partial charge in [0.1, 0.15) is 11.9 Å². The Labute approximate surface area is 149 Å². The van der Waals surface area contributed by atoms with Crippen LogP contribution in [0.1, 0.15) is 65.7 Å². The average Bonchev–Trinajstić information content (AvgIpc) is 2.84. The molecule has 0 saturated heterocycles. The fourth-order valence-electron chi connectivity index (χ4n) is 6.66. The molecule has 4 heteroatoms. The van der Waals surface area contributed by atoms with E-state index in [2.05, 4.69) is 13.8 Å². The van der Waals surface area contributed by atoms with E-state index in [0.717, 1.165) is 37.7 Å². The van der Waals surface area contributed by atoms with Crippen molar-refractivity contribution in [2.75, 3.05) is 0 Å². The number of fused-ring (bicyclic) bond motifs is 5. The molecular formula is C21H28O4. The number of rotatable bonds is 1. The van der Waals surface area contributed by atoms with Gasteiger partial charge >= 0.3 is 5.97 Å². The van der Waals surface area contributed by atoms with Gasteiger partial charge in [-0.1, -0.05) is 13.8 Å². The van der Waals surface area contributed by atoms with Crippen LogP contribution in [0.25, 0.3) is 0 Å². The van der Waals surface area contributed by atoms with E-state index in [0.29, 0.717) is 36.4 Å². The Morgan fingerprint density at radius 3 is 2.52 bits per heavy atom. The number of ketones is 2. The van der Waals surface area contributed by atoms with Crippen LogP contribution in [0.4, 0.5) is 0 Å². The summed E-state index contributed by atoms with van der Waals surface area (Å²) in [6.07, 6.45) is 7.33. The summed E-state index contributed by atoms with van der Waals surface area (Å²) in [5.74, 6) is 1.58. The van der Waals surface area contributed by atoms with Gasteiger partial charge < -0.3 is 4.74 Å². The third-order valence-electron chi connectivity index (χ3n) is 7.97. The van der Waals surface area contributed by atoms with Gasteiger partial charge in [-0.25, -0.2) is 0 Å². The zero-order valence-corrected chi connectivity index (χ0v) is 15.5. The summed E-state index contributed by atoms with van der Waals surface area (Å²) in [5.41, 5.74) is 0.765. The summed E-state index contributed by atoms with van der Waals surface area (Å²) >= 11 is 0. The minimum atomic E-state index is -0.300. The quantitative estimate of drug-likeness (QED) is 0.682. The highest BCUT2D eigenvalue weighted by atomic mass is 16.5. The van der Waals surface area contributed by atoms with E-state index in [1.165, 1.54) is 6.92 Å². The van der Waals surface area contributed by atoms with Gasteiger partial charge in [-0.2, -0.15) is 0 Å². The smallest absolute Gasteiger partial charge is 0.303 e. The topological polar surface area (TPSA) is 60.4 Å². The van der Waals surface area contributed by atoms with Crippen molar-refractivity contribution < 1.29 is 19.1 Å². The molecule has 4 aliphatic carbocycles. The van der Waals surface area contributed by atoms with Crippen LogP contribution in [0.15, 0.2) is 11.6 Å². The molecule has 4 nitrogen and oxygen atoms in total. The highest BCUT2D eigenvalue weighted by molar-refractivity contribution is 5.92. The van der Waals surface area contributed by atoms with Crippen LogP contribution in [0.2, 0.25) is 0 Å². The van der Waals surface area contributed by atoms with E-state index < -0.39 is 0 Å². The molecule has 0 amide bonds. The Kier molecular flexibility index (Phi) is 3.75. The van der Waals surface area contributed by atoms with Crippen molar-refractivity contribution in [3.8, 4) is 0 Å². The molecule has 3 fully saturated rings. The average molecular weight is 344 g/mol. The van der Waals surface area contributed by atoms with Crippen molar-refractivity contribution in [3.63, 3.8) is 0 Å². The summed E-state index contributed by atoms with van der Waals surface area (Å²) in [7, 11) is 0. The Bertz CT molecular complexity index is 677. The second-order valence-corrected chi connectivity index (χ2v) is 9.11. The van der Waals surface area contributed by atoms with Crippen LogP contribution in [0.3, 0.4) is 0 Å². The van der Waals surface area contributed by atoms with Gasteiger partial charge in [-0.3, -0.25) is 14.4 Å². The highest BCUT2D eigenvalue weighted by Gasteiger charge is 2.61. The lowest BCUT2D eigenvalue weighted by molar-refractivity contribution is -0.154. The maximum atomic E-state index is 12.5. The van der Waals surface area contributed by atoms with Crippen LogP contribution < -0.4 is 0 Å². The molecule has 0 aromatic rings. The summed E-state index contributed by atoms with van der Waals surface area (Å²) in [6.45, 7) is 5.86. The molecule has 0 N–H and O–H groups in total. The second kappa shape index (κ2) is 5.52. The van der Waals surface area contributed by atoms with E-state index >= 15 is 0 Å². The molecule has 0 heterocycles. The highest BCUT2D eigenvalue weighted by Crippen LogP contribution is 2.64. The number of carbonyl (C=O) groups excluding carboxylic acids is 3. The van der Waals surface area contributed by atoms with Gasteiger partial charge in [-0.15, -0.1) is 0 Å². The van der Waals surface area contributed by atoms with Crippen molar-refractivity contribution >= 4 is 17.5 Å². The number of Topliss-reactive ketones (excluding diaryl/α,β-unsaturated/α-hetero) is 1. The van der Waals surface area contributed by atoms with Gasteiger partial charge in [0.05, 0.1) is 0 Å². The monoisotopic (exact) mass is 344 g/mol. The largest absolute Gasteiger partial charge is 0.458 e. The summed E-state index contributed by atoms with van der Waals surface area (Å²) in [4.78, 5) is 36.3. The SMILES string of the molecule is CC(=O)O[C@H]1C[C@H]2[C@@H](CC[C@@]3(C)C(=O)CC[C@@H]23)[C@]2(C)CCC(=O)C=C12. The van der Waals surface area contributed by atoms with Crippen molar-refractivity contribution in [1.29, 1.82) is 0 Å². The Morgan fingerprint density at radius 1 is 1.08 bits per heavy atom. The third kappa shape index (κ3) is 2.36. The van der Waals surface area contributed by atoms with Crippen molar-refractivity contribution in [2.45, 2.75) is 71.8 Å². The summed E-state index contributed by atoms with van der Waals surface area (Å²) in [6, 6.07) is 0. The maximum absolute atomic E-state index is 12.5. The normalized spacial score (nSPS) is 46.0. The number of esters is 1. The minimum Gasteiger partial charge on any atom is -0.458 e. The summed E-state index contributed by atoms with van der Waals surface area (Å²) in [5, 5.41) is 0. The number of hydrogen-bond acceptors (Lipinski definition) is 4. The van der Waals surface area contributed by atoms with Crippen molar-refractivity contribution in [2.24, 2.45) is 28.6 Å². The van der Waals surface area contributed by atoms with Crippen LogP contribution >= 0.6 is 0 Å². The van der Waals surface area contributed by atoms with Crippen molar-refractivity contribution in [1.82, 2.24) is 0 Å². The summed E-state index contributed by atoms with van der Waals surface area (Å²) < 4.78 is 5.69. The molecule has 136 valence electrons. The number of ether oxygens (including phenoxy) is 1. The van der Waals surface area contributed by atoms with Crippen LogP contribution in [0.5, 0.6) is 0 Å². The van der Waals surface area contributed by atoms with E-state index in [9.17, 15) is 14.4 Å². The zero-order chi connectivity index (χ0) is 18.0. The van der Waals surface area contributed by atoms with Gasteiger partial charge in [0.15, 0.2) is 5.78 Å². The fraction of sp³-hybridized carbons (Fsp3) is 0.762. The molecule has 0 unspecified atom stereocenters. The first-order valence-electron chi connectivity index (χ1n) is 9.71. The molecule has 4 rings (SSSR count). The first-order valence-corrected chi connectivity index (χ1v) is 9.71. The van der Waals surface area contributed by atoms with E-state index in [-0.39, 0.29) is 28.7 Å². The Morgan fingerprint density at radius 2 is 1.80 bits per heavy atom. The molecule has 0 radical (unpaired) electrons. The molecule has 0 aromatic carbocycles. The first-order chi connectivity index (χ1) is 11.8. The van der Waals surface area contributed by atoms with Gasteiger partial charge in [0.2, 0.25) is 0 Å². The molecule has 0 aromatic heterocycles. The van der Waals surface area contributed by atoms with Gasteiger partial charge in [0, 0.05) is 25.2 Å². The van der Waals surface area contributed by atoms with Crippen LogP contribution in [-0.4, -0.2) is 23.6 Å². The maximum Gasteiger partial charge on any atom is 0.303 e. The zero-order valence-electron chi connectivity index (χ0n) is 15.5. The van der Waals surface area contributed by atoms with Crippen LogP contribution in [0, 0.1) is 28.6 Å². The standard InChI is InChI=1S/C21H28O4/c1-12(22)25-18-11-14-15-4-5-19(24)21(15,3)9-7-16(14)20(2)8-6-13(23)10-17(18)20/h10,14-16,18H,4-9,11H2,1-3H3/t14-,15+,16-,18+,20+,21-/m1/s1. The molecule has 3 saturated carbocycles. The van der Waals surface area contributed by atoms with E-state index in [1.807, 2.05) is 0 Å². The van der Waals surface area contributed by atoms with E-state index in [4.69, 9.17) is 4.74 Å². The third-order valence-corrected chi connectivity index (χ3v) is 7.97. The van der Waals surface area contributed by atoms with Crippen molar-refractivity contribution in [3.05, 3.63) is 11.6 Å². The molecule has 0 aliphatic heterocycles. The molecule has 0 bridgehead atoms. The lowest BCUT2D eigenvalue weighted by Gasteiger charge is -2.58. The second-order valence-electron chi connectivity index (χ2n) is 9.11. The van der Waals surface area contributed by atoms with Gasteiger partial charge in [0.25, 0.3) is 0 Å². The predicted molar refractivity (Wildman–Crippen MR) is 92.7 cm³/mol. The van der Waals surface area contributed by atoms with E-state index in [1.54, 1.807) is 6.08 Å². The first kappa shape index (κ1) is 17.0. The molecule has 25 heavy (non-hydrogen) atoms. The Balaban J connectivity index is 1.75. The van der Waals surface area contributed by atoms with Gasteiger partial charge in [-0.05, 0) is 66.9 Å². The predicted octanol–water partition coefficient (Wildman–Crippen LogP) is 3.63. The van der Waals surface area contributed by atoms with Crippen LogP contribution in [-0.2, 0) is 19.1 Å². The fourth-order valence-corrected chi connectivity index (χ4v) is 6.66.